The number of hydrogen-bond donors (Lipinski definition) is 1. The Bertz CT molecular complexity index is 247. The van der Waals surface area contributed by atoms with Crippen molar-refractivity contribution in [3.8, 4) is 0 Å². The molecule has 2 rings (SSSR count). The minimum Gasteiger partial charge on any atom is -0.377 e. The van der Waals surface area contributed by atoms with E-state index in [0.29, 0.717) is 6.10 Å². The average Bonchev–Trinajstić information content (AvgIpc) is 2.46. The Hall–Kier alpha value is -0.120. The van der Waals surface area contributed by atoms with Gasteiger partial charge in [0, 0.05) is 25.7 Å². The van der Waals surface area contributed by atoms with Crippen molar-refractivity contribution < 1.29 is 4.74 Å². The summed E-state index contributed by atoms with van der Waals surface area (Å²) in [5, 5.41) is 3.53. The maximum Gasteiger partial charge on any atom is 0.0702 e. The predicted octanol–water partition coefficient (Wildman–Crippen LogP) is 2.66. The Kier molecular flexibility index (Phi) is 6.62. The van der Waals surface area contributed by atoms with Crippen molar-refractivity contribution in [2.45, 2.75) is 64.0 Å². The van der Waals surface area contributed by atoms with Gasteiger partial charge in [-0.2, -0.15) is 0 Å². The van der Waals surface area contributed by atoms with E-state index in [4.69, 9.17) is 4.74 Å². The fourth-order valence-corrected chi connectivity index (χ4v) is 3.74. The maximum absolute atomic E-state index is 5.95. The van der Waals surface area contributed by atoms with Gasteiger partial charge in [-0.3, -0.25) is 0 Å². The van der Waals surface area contributed by atoms with Crippen molar-refractivity contribution in [3.05, 3.63) is 0 Å². The Morgan fingerprint density at radius 3 is 2.79 bits per heavy atom. The van der Waals surface area contributed by atoms with Gasteiger partial charge in [-0.05, 0) is 51.6 Å². The van der Waals surface area contributed by atoms with Crippen LogP contribution < -0.4 is 5.32 Å². The summed E-state index contributed by atoms with van der Waals surface area (Å²) in [6, 6.07) is 0.741. The molecule has 1 saturated heterocycles. The van der Waals surface area contributed by atoms with Crippen LogP contribution in [0.5, 0.6) is 0 Å². The molecule has 3 nitrogen and oxygen atoms in total. The van der Waals surface area contributed by atoms with E-state index in [1.165, 1.54) is 51.6 Å². The van der Waals surface area contributed by atoms with E-state index < -0.39 is 0 Å². The van der Waals surface area contributed by atoms with Crippen LogP contribution in [-0.2, 0) is 4.74 Å². The molecule has 2 aliphatic rings. The predicted molar refractivity (Wildman–Crippen MR) is 80.5 cm³/mol. The van der Waals surface area contributed by atoms with Crippen LogP contribution in [-0.4, -0.2) is 50.3 Å². The second-order valence-electron chi connectivity index (χ2n) is 6.33. The van der Waals surface area contributed by atoms with Crippen LogP contribution in [0.25, 0.3) is 0 Å². The topological polar surface area (TPSA) is 24.5 Å². The minimum atomic E-state index is 0.491. The molecule has 1 aliphatic heterocycles. The van der Waals surface area contributed by atoms with E-state index in [-0.39, 0.29) is 0 Å². The van der Waals surface area contributed by atoms with Gasteiger partial charge in [0.2, 0.25) is 0 Å². The van der Waals surface area contributed by atoms with Crippen LogP contribution >= 0.6 is 0 Å². The Morgan fingerprint density at radius 1 is 1.16 bits per heavy atom. The highest BCUT2D eigenvalue weighted by molar-refractivity contribution is 4.84. The number of nitrogens with zero attached hydrogens (tertiary/aromatic N) is 1. The highest BCUT2D eigenvalue weighted by atomic mass is 16.5. The van der Waals surface area contributed by atoms with Crippen molar-refractivity contribution in [1.82, 2.24) is 10.2 Å². The highest BCUT2D eigenvalue weighted by Crippen LogP contribution is 2.26. The molecule has 1 N–H and O–H groups in total. The van der Waals surface area contributed by atoms with E-state index in [1.807, 2.05) is 0 Å². The van der Waals surface area contributed by atoms with Gasteiger partial charge in [0.15, 0.2) is 0 Å². The first-order chi connectivity index (χ1) is 9.33. The molecular formula is C16H32N2O. The number of piperidine rings is 1. The van der Waals surface area contributed by atoms with E-state index >= 15 is 0 Å². The number of likely N-dealkylation sites (tertiary alicyclic amines) is 1. The standard InChI is InChI=1S/C16H32N2O/c1-3-11-19-15-8-6-10-18(13-15)12-14-7-4-5-9-16(14)17-2/h14-17H,3-13H2,1-2H3. The first-order valence-electron chi connectivity index (χ1n) is 8.34. The fourth-order valence-electron chi connectivity index (χ4n) is 3.74. The van der Waals surface area contributed by atoms with Crippen LogP contribution in [0.1, 0.15) is 51.9 Å². The summed E-state index contributed by atoms with van der Waals surface area (Å²) >= 11 is 0. The van der Waals surface area contributed by atoms with E-state index in [1.54, 1.807) is 0 Å². The van der Waals surface area contributed by atoms with Crippen molar-refractivity contribution in [2.75, 3.05) is 33.3 Å². The maximum atomic E-state index is 5.95. The van der Waals surface area contributed by atoms with Crippen molar-refractivity contribution in [3.63, 3.8) is 0 Å². The zero-order chi connectivity index (χ0) is 13.5. The summed E-state index contributed by atoms with van der Waals surface area (Å²) in [6.45, 7) is 6.84. The molecule has 0 aromatic rings. The van der Waals surface area contributed by atoms with Gasteiger partial charge in [0.05, 0.1) is 6.10 Å². The molecule has 3 atom stereocenters. The zero-order valence-electron chi connectivity index (χ0n) is 12.9. The van der Waals surface area contributed by atoms with E-state index in [0.717, 1.165) is 31.5 Å². The molecule has 0 bridgehead atoms. The van der Waals surface area contributed by atoms with Crippen LogP contribution in [0.15, 0.2) is 0 Å². The molecule has 0 spiro atoms. The number of ether oxygens (including phenoxy) is 1. The van der Waals surface area contributed by atoms with Gasteiger partial charge in [-0.15, -0.1) is 0 Å². The van der Waals surface area contributed by atoms with Gasteiger partial charge in [0.25, 0.3) is 0 Å². The largest absolute Gasteiger partial charge is 0.377 e. The van der Waals surface area contributed by atoms with Crippen molar-refractivity contribution in [2.24, 2.45) is 5.92 Å². The van der Waals surface area contributed by atoms with Gasteiger partial charge in [-0.1, -0.05) is 19.8 Å². The second kappa shape index (κ2) is 8.23. The summed E-state index contributed by atoms with van der Waals surface area (Å²) in [5.41, 5.74) is 0. The summed E-state index contributed by atoms with van der Waals surface area (Å²) in [6.07, 6.45) is 9.80. The Morgan fingerprint density at radius 2 is 2.00 bits per heavy atom. The molecular weight excluding hydrogens is 236 g/mol. The lowest BCUT2D eigenvalue weighted by atomic mass is 9.84. The number of nitrogens with one attached hydrogen (secondary N) is 1. The molecule has 0 amide bonds. The molecule has 2 fully saturated rings. The summed E-state index contributed by atoms with van der Waals surface area (Å²) in [4.78, 5) is 2.66. The van der Waals surface area contributed by atoms with Crippen LogP contribution in [0.2, 0.25) is 0 Å². The Balaban J connectivity index is 1.77. The first kappa shape index (κ1) is 15.3. The molecule has 1 heterocycles. The summed E-state index contributed by atoms with van der Waals surface area (Å²) in [7, 11) is 2.13. The smallest absolute Gasteiger partial charge is 0.0702 e. The third kappa shape index (κ3) is 4.73. The molecule has 3 unspecified atom stereocenters. The van der Waals surface area contributed by atoms with Crippen LogP contribution in [0.4, 0.5) is 0 Å². The zero-order valence-corrected chi connectivity index (χ0v) is 12.9. The van der Waals surface area contributed by atoms with Gasteiger partial charge in [-0.25, -0.2) is 0 Å². The average molecular weight is 268 g/mol. The molecule has 1 saturated carbocycles. The van der Waals surface area contributed by atoms with Gasteiger partial charge in [0.1, 0.15) is 0 Å². The number of rotatable bonds is 6. The molecule has 0 radical (unpaired) electrons. The van der Waals surface area contributed by atoms with E-state index in [2.05, 4.69) is 24.2 Å². The minimum absolute atomic E-state index is 0.491. The lowest BCUT2D eigenvalue weighted by molar-refractivity contribution is -0.00675. The van der Waals surface area contributed by atoms with Crippen LogP contribution in [0, 0.1) is 5.92 Å². The lowest BCUT2D eigenvalue weighted by Crippen LogP contribution is -2.47. The summed E-state index contributed by atoms with van der Waals surface area (Å²) < 4.78 is 5.95. The van der Waals surface area contributed by atoms with E-state index in [9.17, 15) is 0 Å². The SMILES string of the molecule is CCCOC1CCCN(CC2CCCCC2NC)C1. The first-order valence-corrected chi connectivity index (χ1v) is 8.34. The molecule has 1 aliphatic carbocycles. The van der Waals surface area contributed by atoms with Gasteiger partial charge >= 0.3 is 0 Å². The molecule has 0 aromatic heterocycles. The highest BCUT2D eigenvalue weighted by Gasteiger charge is 2.28. The molecule has 3 heteroatoms. The third-order valence-electron chi connectivity index (χ3n) is 4.79. The normalized spacial score (nSPS) is 33.5. The second-order valence-corrected chi connectivity index (χ2v) is 6.33. The quantitative estimate of drug-likeness (QED) is 0.801. The van der Waals surface area contributed by atoms with Crippen molar-refractivity contribution >= 4 is 0 Å². The van der Waals surface area contributed by atoms with Gasteiger partial charge < -0.3 is 15.0 Å². The fraction of sp³-hybridized carbons (Fsp3) is 1.00. The lowest BCUT2D eigenvalue weighted by Gasteiger charge is -2.39. The third-order valence-corrected chi connectivity index (χ3v) is 4.79. The number of hydrogen-bond acceptors (Lipinski definition) is 3. The molecule has 19 heavy (non-hydrogen) atoms. The monoisotopic (exact) mass is 268 g/mol. The molecule has 0 aromatic carbocycles. The summed E-state index contributed by atoms with van der Waals surface area (Å²) in [5.74, 6) is 0.851. The van der Waals surface area contributed by atoms with Crippen molar-refractivity contribution in [1.29, 1.82) is 0 Å². The Labute approximate surface area is 119 Å². The van der Waals surface area contributed by atoms with Crippen LogP contribution in [0.3, 0.4) is 0 Å². The molecule has 112 valence electrons.